The van der Waals surface area contributed by atoms with E-state index in [1.54, 1.807) is 6.92 Å². The van der Waals surface area contributed by atoms with E-state index in [0.29, 0.717) is 30.3 Å². The van der Waals surface area contributed by atoms with Gasteiger partial charge in [0.2, 0.25) is 5.91 Å². The third kappa shape index (κ3) is 3.87. The molecule has 1 spiro atoms. The molecule has 31 heavy (non-hydrogen) atoms. The minimum atomic E-state index is -0.925. The first-order valence-corrected chi connectivity index (χ1v) is 10.3. The molecule has 4 amide bonds. The Morgan fingerprint density at radius 3 is 2.71 bits per heavy atom. The topological polar surface area (TPSA) is 122 Å². The van der Waals surface area contributed by atoms with E-state index in [0.717, 1.165) is 24.2 Å². The Hall–Kier alpha value is -3.37. The Labute approximate surface area is 178 Å². The van der Waals surface area contributed by atoms with Crippen LogP contribution < -0.4 is 10.6 Å². The number of carbonyl (C=O) groups excluding carboxylic acids is 3. The van der Waals surface area contributed by atoms with Crippen LogP contribution in [-0.2, 0) is 9.59 Å². The maximum absolute atomic E-state index is 14.3. The lowest BCUT2D eigenvalue weighted by molar-refractivity contribution is -0.135. The van der Waals surface area contributed by atoms with Crippen molar-refractivity contribution in [3.05, 3.63) is 29.8 Å². The Kier molecular flexibility index (Phi) is 5.42. The Bertz CT molecular complexity index is 1030. The van der Waals surface area contributed by atoms with Gasteiger partial charge in [0, 0.05) is 0 Å². The van der Waals surface area contributed by atoms with Crippen molar-refractivity contribution in [3.63, 3.8) is 0 Å². The van der Waals surface area contributed by atoms with Crippen LogP contribution in [0.2, 0.25) is 0 Å². The highest BCUT2D eigenvalue weighted by molar-refractivity contribution is 6.10. The highest BCUT2D eigenvalue weighted by atomic mass is 19.1. The monoisotopic (exact) mass is 429 g/mol. The minimum absolute atomic E-state index is 0.0948. The van der Waals surface area contributed by atoms with E-state index in [1.165, 1.54) is 22.9 Å². The van der Waals surface area contributed by atoms with Crippen LogP contribution in [0, 0.1) is 18.7 Å². The van der Waals surface area contributed by atoms with Crippen LogP contribution in [0.15, 0.2) is 18.2 Å². The van der Waals surface area contributed by atoms with Gasteiger partial charge >= 0.3 is 6.03 Å². The second kappa shape index (κ2) is 8.05. The van der Waals surface area contributed by atoms with E-state index >= 15 is 0 Å². The van der Waals surface area contributed by atoms with Crippen molar-refractivity contribution in [2.24, 2.45) is 5.92 Å². The first-order chi connectivity index (χ1) is 14.8. The van der Waals surface area contributed by atoms with E-state index in [9.17, 15) is 18.8 Å². The van der Waals surface area contributed by atoms with Crippen molar-refractivity contribution in [2.45, 2.75) is 51.5 Å². The normalized spacial score (nSPS) is 23.3. The van der Waals surface area contributed by atoms with Crippen molar-refractivity contribution >= 4 is 23.5 Å². The molecule has 10 nitrogen and oxygen atoms in total. The van der Waals surface area contributed by atoms with Gasteiger partial charge in [-0.25, -0.2) is 9.18 Å². The van der Waals surface area contributed by atoms with Gasteiger partial charge in [-0.2, -0.15) is 4.68 Å². The zero-order chi connectivity index (χ0) is 22.2. The molecule has 1 aromatic heterocycles. The number of urea groups is 1. The molecule has 1 aromatic carbocycles. The largest absolute Gasteiger partial charge is 0.325 e. The summed E-state index contributed by atoms with van der Waals surface area (Å²) in [5.41, 5.74) is -0.560. The molecule has 11 heteroatoms. The number of anilines is 1. The molecule has 0 bridgehead atoms. The number of hydrogen-bond acceptors (Lipinski definition) is 6. The first-order valence-electron chi connectivity index (χ1n) is 10.3. The molecular formula is C20H24FN7O3. The lowest BCUT2D eigenvalue weighted by Gasteiger charge is -2.34. The van der Waals surface area contributed by atoms with Crippen molar-refractivity contribution < 1.29 is 18.8 Å². The summed E-state index contributed by atoms with van der Waals surface area (Å²) in [4.78, 5) is 38.8. The van der Waals surface area contributed by atoms with E-state index in [2.05, 4.69) is 33.1 Å². The number of carbonyl (C=O) groups is 3. The standard InChI is InChI=1S/C20H24FN7O3/c1-3-13-6-8-20(9-7-13)18(30)27(19(31)23-20)11-17(29)22-16-10-14(4-5-15(16)21)28-12(2)24-25-26-28/h4-5,10,13H,3,6-9,11H2,1-2H3,(H,22,29)(H,23,31). The van der Waals surface area contributed by atoms with E-state index < -0.39 is 29.8 Å². The summed E-state index contributed by atoms with van der Waals surface area (Å²) >= 11 is 0. The number of rotatable bonds is 5. The zero-order valence-corrected chi connectivity index (χ0v) is 17.4. The molecule has 2 fully saturated rings. The van der Waals surface area contributed by atoms with Crippen LogP contribution >= 0.6 is 0 Å². The number of hydrogen-bond donors (Lipinski definition) is 2. The summed E-state index contributed by atoms with van der Waals surface area (Å²) in [5, 5.41) is 16.4. The molecule has 2 heterocycles. The molecule has 2 N–H and O–H groups in total. The van der Waals surface area contributed by atoms with Gasteiger partial charge in [-0.15, -0.1) is 5.10 Å². The number of benzene rings is 1. The van der Waals surface area contributed by atoms with Crippen LogP contribution in [0.1, 0.15) is 44.9 Å². The average molecular weight is 429 g/mol. The average Bonchev–Trinajstić information content (AvgIpc) is 3.27. The van der Waals surface area contributed by atoms with Gasteiger partial charge in [0.15, 0.2) is 5.82 Å². The summed E-state index contributed by atoms with van der Waals surface area (Å²) in [7, 11) is 0. The van der Waals surface area contributed by atoms with E-state index in [4.69, 9.17) is 0 Å². The zero-order valence-electron chi connectivity index (χ0n) is 17.4. The fourth-order valence-corrected chi connectivity index (χ4v) is 4.28. The third-order valence-corrected chi connectivity index (χ3v) is 6.18. The highest BCUT2D eigenvalue weighted by Gasteiger charge is 2.52. The number of tetrazole rings is 1. The first kappa shape index (κ1) is 20.9. The number of amides is 4. The molecule has 2 aliphatic rings. The summed E-state index contributed by atoms with van der Waals surface area (Å²) in [6.45, 7) is 3.31. The van der Waals surface area contributed by atoms with Gasteiger partial charge in [-0.05, 0) is 67.2 Å². The predicted molar refractivity (Wildman–Crippen MR) is 108 cm³/mol. The highest BCUT2D eigenvalue weighted by Crippen LogP contribution is 2.37. The van der Waals surface area contributed by atoms with Crippen LogP contribution in [0.4, 0.5) is 14.9 Å². The summed E-state index contributed by atoms with van der Waals surface area (Å²) in [6.07, 6.45) is 3.89. The quantitative estimate of drug-likeness (QED) is 0.701. The number of aryl methyl sites for hydroxylation is 1. The van der Waals surface area contributed by atoms with Crippen molar-refractivity contribution in [1.82, 2.24) is 30.4 Å². The van der Waals surface area contributed by atoms with Crippen molar-refractivity contribution in [3.8, 4) is 5.69 Å². The fraction of sp³-hybridized carbons (Fsp3) is 0.500. The minimum Gasteiger partial charge on any atom is -0.323 e. The number of aromatic nitrogens is 4. The molecule has 0 atom stereocenters. The molecule has 1 saturated carbocycles. The molecule has 164 valence electrons. The van der Waals surface area contributed by atoms with Crippen LogP contribution in [0.3, 0.4) is 0 Å². The lowest BCUT2D eigenvalue weighted by atomic mass is 9.75. The Balaban J connectivity index is 1.45. The Morgan fingerprint density at radius 1 is 1.32 bits per heavy atom. The molecule has 1 saturated heterocycles. The van der Waals surface area contributed by atoms with E-state index in [1.807, 2.05) is 0 Å². The number of nitrogens with zero attached hydrogens (tertiary/aromatic N) is 5. The number of nitrogens with one attached hydrogen (secondary N) is 2. The summed E-state index contributed by atoms with van der Waals surface area (Å²) in [6, 6.07) is 3.45. The molecular weight excluding hydrogens is 405 g/mol. The predicted octanol–water partition coefficient (Wildman–Crippen LogP) is 1.94. The van der Waals surface area contributed by atoms with Crippen LogP contribution in [-0.4, -0.2) is 55.0 Å². The molecule has 4 rings (SSSR count). The maximum Gasteiger partial charge on any atom is 0.325 e. The van der Waals surface area contributed by atoms with Gasteiger partial charge in [-0.1, -0.05) is 13.3 Å². The maximum atomic E-state index is 14.3. The van der Waals surface area contributed by atoms with Gasteiger partial charge in [0.1, 0.15) is 17.9 Å². The van der Waals surface area contributed by atoms with Crippen molar-refractivity contribution in [1.29, 1.82) is 0 Å². The smallest absolute Gasteiger partial charge is 0.323 e. The van der Waals surface area contributed by atoms with Crippen LogP contribution in [0.25, 0.3) is 5.69 Å². The summed E-state index contributed by atoms with van der Waals surface area (Å²) in [5.74, 6) is -0.680. The van der Waals surface area contributed by atoms with Gasteiger partial charge in [0.05, 0.1) is 11.4 Å². The van der Waals surface area contributed by atoms with Crippen molar-refractivity contribution in [2.75, 3.05) is 11.9 Å². The summed E-state index contributed by atoms with van der Waals surface area (Å²) < 4.78 is 15.7. The second-order valence-corrected chi connectivity index (χ2v) is 8.11. The van der Waals surface area contributed by atoms with Gasteiger partial charge < -0.3 is 10.6 Å². The number of imide groups is 1. The molecule has 0 unspecified atom stereocenters. The third-order valence-electron chi connectivity index (χ3n) is 6.18. The fourth-order valence-electron chi connectivity index (χ4n) is 4.28. The second-order valence-electron chi connectivity index (χ2n) is 8.11. The Morgan fingerprint density at radius 2 is 2.06 bits per heavy atom. The van der Waals surface area contributed by atoms with Gasteiger partial charge in [-0.3, -0.25) is 14.5 Å². The molecule has 0 radical (unpaired) electrons. The molecule has 1 aliphatic carbocycles. The van der Waals surface area contributed by atoms with Gasteiger partial charge in [0.25, 0.3) is 5.91 Å². The van der Waals surface area contributed by atoms with Crippen LogP contribution in [0.5, 0.6) is 0 Å². The lowest BCUT2D eigenvalue weighted by Crippen LogP contribution is -2.49. The van der Waals surface area contributed by atoms with E-state index in [-0.39, 0.29) is 11.6 Å². The molecule has 1 aliphatic heterocycles. The number of halogens is 1. The SMILES string of the molecule is CCC1CCC2(CC1)NC(=O)N(CC(=O)Nc1cc(-n3nnnc3C)ccc1F)C2=O. The molecule has 2 aromatic rings.